The Morgan fingerprint density at radius 1 is 1.30 bits per heavy atom. The highest BCUT2D eigenvalue weighted by Gasteiger charge is 2.19. The smallest absolute Gasteiger partial charge is 0.361 e. The molecule has 0 saturated heterocycles. The molecule has 0 fully saturated rings. The highest BCUT2D eigenvalue weighted by atomic mass is 79.9. The Kier molecular flexibility index (Phi) is 4.63. The van der Waals surface area contributed by atoms with Gasteiger partial charge in [0, 0.05) is 4.47 Å². The van der Waals surface area contributed by atoms with E-state index in [1.807, 2.05) is 24.3 Å². The number of pyridine rings is 1. The van der Waals surface area contributed by atoms with Crippen molar-refractivity contribution >= 4 is 44.7 Å². The molecular weight excluding hydrogens is 436 g/mol. The number of nitrogens with zero attached hydrogens (tertiary/aromatic N) is 5. The Hall–Kier alpha value is -2.78. The molecule has 0 atom stereocenters. The molecule has 0 aliphatic rings. The standard InChI is InChI=1S/C17H12BrClN6O2/c1-9-15(23-24-25(9)11-4-2-3-10(18)7-11)17(26)27-8-14-20-12-5-6-13(19)21-16(12)22-14/h2-7H,8H2,1H3,(H,20,21,22). The number of rotatable bonds is 4. The minimum Gasteiger partial charge on any atom is -0.453 e. The van der Waals surface area contributed by atoms with Crippen LogP contribution < -0.4 is 0 Å². The molecule has 1 aromatic carbocycles. The van der Waals surface area contributed by atoms with E-state index < -0.39 is 5.97 Å². The molecule has 1 N–H and O–H groups in total. The number of hydrogen-bond acceptors (Lipinski definition) is 6. The van der Waals surface area contributed by atoms with E-state index in [4.69, 9.17) is 16.3 Å². The average Bonchev–Trinajstić information content (AvgIpc) is 3.22. The number of carbonyl (C=O) groups excluding carboxylic acids is 1. The number of aromatic amines is 1. The van der Waals surface area contributed by atoms with Gasteiger partial charge in [0.25, 0.3) is 0 Å². The second kappa shape index (κ2) is 7.09. The van der Waals surface area contributed by atoms with Crippen LogP contribution in [0.2, 0.25) is 5.15 Å². The van der Waals surface area contributed by atoms with Crippen molar-refractivity contribution in [3.63, 3.8) is 0 Å². The fourth-order valence-corrected chi connectivity index (χ4v) is 3.09. The minimum absolute atomic E-state index is 0.0456. The van der Waals surface area contributed by atoms with Gasteiger partial charge >= 0.3 is 5.97 Å². The van der Waals surface area contributed by atoms with E-state index in [2.05, 4.69) is 41.2 Å². The average molecular weight is 448 g/mol. The van der Waals surface area contributed by atoms with E-state index in [0.717, 1.165) is 10.2 Å². The monoisotopic (exact) mass is 446 g/mol. The number of imidazole rings is 1. The van der Waals surface area contributed by atoms with Crippen molar-refractivity contribution < 1.29 is 9.53 Å². The van der Waals surface area contributed by atoms with Crippen molar-refractivity contribution in [3.05, 3.63) is 63.2 Å². The molecule has 4 rings (SSSR count). The topological polar surface area (TPSA) is 98.6 Å². The molecule has 0 aliphatic heterocycles. The van der Waals surface area contributed by atoms with Gasteiger partial charge in [0.2, 0.25) is 0 Å². The summed E-state index contributed by atoms with van der Waals surface area (Å²) in [5.74, 6) is -0.120. The van der Waals surface area contributed by atoms with Gasteiger partial charge in [-0.05, 0) is 37.3 Å². The highest BCUT2D eigenvalue weighted by molar-refractivity contribution is 9.10. The fraction of sp³-hybridized carbons (Fsp3) is 0.118. The number of halogens is 2. The number of esters is 1. The van der Waals surface area contributed by atoms with Gasteiger partial charge in [-0.2, -0.15) is 0 Å². The molecule has 0 saturated carbocycles. The van der Waals surface area contributed by atoms with Crippen LogP contribution in [0.3, 0.4) is 0 Å². The summed E-state index contributed by atoms with van der Waals surface area (Å²) in [6.45, 7) is 1.71. The largest absolute Gasteiger partial charge is 0.453 e. The number of carbonyl (C=O) groups is 1. The zero-order chi connectivity index (χ0) is 19.0. The summed E-state index contributed by atoms with van der Waals surface area (Å²) in [7, 11) is 0. The molecule has 10 heteroatoms. The molecule has 0 unspecified atom stereocenters. The zero-order valence-corrected chi connectivity index (χ0v) is 16.3. The van der Waals surface area contributed by atoms with Crippen molar-refractivity contribution in [1.29, 1.82) is 0 Å². The first-order valence-electron chi connectivity index (χ1n) is 7.88. The van der Waals surface area contributed by atoms with Gasteiger partial charge in [-0.1, -0.05) is 38.8 Å². The van der Waals surface area contributed by atoms with Crippen molar-refractivity contribution in [1.82, 2.24) is 29.9 Å². The lowest BCUT2D eigenvalue weighted by Gasteiger charge is -2.04. The lowest BCUT2D eigenvalue weighted by Crippen LogP contribution is -2.09. The lowest BCUT2D eigenvalue weighted by molar-refractivity contribution is 0.0455. The number of fused-ring (bicyclic) bond motifs is 1. The number of benzene rings is 1. The van der Waals surface area contributed by atoms with E-state index in [-0.39, 0.29) is 12.3 Å². The SMILES string of the molecule is Cc1c(C(=O)OCc2nc3nc(Cl)ccc3[nH]2)nnn1-c1cccc(Br)c1. The Morgan fingerprint density at radius 3 is 2.96 bits per heavy atom. The van der Waals surface area contributed by atoms with Crippen molar-refractivity contribution in [2.75, 3.05) is 0 Å². The quantitative estimate of drug-likeness (QED) is 0.379. The normalized spacial score (nSPS) is 11.1. The third-order valence-corrected chi connectivity index (χ3v) is 4.55. The van der Waals surface area contributed by atoms with Crippen molar-refractivity contribution in [2.45, 2.75) is 13.5 Å². The number of aromatic nitrogens is 6. The highest BCUT2D eigenvalue weighted by Crippen LogP contribution is 2.18. The van der Waals surface area contributed by atoms with Gasteiger partial charge in [0.15, 0.2) is 11.3 Å². The molecule has 4 aromatic rings. The van der Waals surface area contributed by atoms with Crippen LogP contribution in [0, 0.1) is 6.92 Å². The molecule has 3 heterocycles. The van der Waals surface area contributed by atoms with Crippen LogP contribution in [0.1, 0.15) is 22.0 Å². The fourth-order valence-electron chi connectivity index (χ4n) is 2.56. The Morgan fingerprint density at radius 2 is 2.15 bits per heavy atom. The molecule has 27 heavy (non-hydrogen) atoms. The van der Waals surface area contributed by atoms with Crippen molar-refractivity contribution in [2.24, 2.45) is 0 Å². The van der Waals surface area contributed by atoms with Crippen LogP contribution in [0.4, 0.5) is 0 Å². The molecule has 0 spiro atoms. The summed E-state index contributed by atoms with van der Waals surface area (Å²) in [5, 5.41) is 8.34. The van der Waals surface area contributed by atoms with E-state index in [0.29, 0.717) is 27.8 Å². The third-order valence-electron chi connectivity index (χ3n) is 3.84. The predicted octanol–water partition coefficient (Wildman–Crippen LogP) is 3.62. The molecule has 8 nitrogen and oxygen atoms in total. The number of nitrogens with one attached hydrogen (secondary N) is 1. The molecule has 0 radical (unpaired) electrons. The van der Waals surface area contributed by atoms with Crippen LogP contribution in [-0.2, 0) is 11.3 Å². The number of H-pyrrole nitrogens is 1. The zero-order valence-electron chi connectivity index (χ0n) is 14.0. The van der Waals surface area contributed by atoms with Gasteiger partial charge in [0.05, 0.1) is 16.9 Å². The Balaban J connectivity index is 1.51. The van der Waals surface area contributed by atoms with E-state index >= 15 is 0 Å². The summed E-state index contributed by atoms with van der Waals surface area (Å²) in [5.41, 5.74) is 2.68. The van der Waals surface area contributed by atoms with E-state index in [1.54, 1.807) is 23.7 Å². The Labute approximate surface area is 166 Å². The summed E-state index contributed by atoms with van der Waals surface area (Å²) in [6.07, 6.45) is 0. The lowest BCUT2D eigenvalue weighted by atomic mass is 10.3. The maximum Gasteiger partial charge on any atom is 0.361 e. The second-order valence-corrected chi connectivity index (χ2v) is 6.98. The maximum absolute atomic E-state index is 12.4. The number of ether oxygens (including phenoxy) is 1. The van der Waals surface area contributed by atoms with Crippen LogP contribution in [-0.4, -0.2) is 35.9 Å². The van der Waals surface area contributed by atoms with Gasteiger partial charge in [-0.15, -0.1) is 5.10 Å². The second-order valence-electron chi connectivity index (χ2n) is 5.68. The predicted molar refractivity (Wildman–Crippen MR) is 102 cm³/mol. The first-order valence-corrected chi connectivity index (χ1v) is 9.05. The Bertz CT molecular complexity index is 1160. The molecule has 3 aromatic heterocycles. The molecule has 136 valence electrons. The molecule has 0 amide bonds. The number of hydrogen-bond donors (Lipinski definition) is 1. The summed E-state index contributed by atoms with van der Waals surface area (Å²) in [4.78, 5) is 23.8. The molecule has 0 bridgehead atoms. The van der Waals surface area contributed by atoms with Crippen LogP contribution in [0.15, 0.2) is 40.9 Å². The van der Waals surface area contributed by atoms with Crippen LogP contribution in [0.5, 0.6) is 0 Å². The van der Waals surface area contributed by atoms with Gasteiger partial charge in [0.1, 0.15) is 17.6 Å². The van der Waals surface area contributed by atoms with Gasteiger partial charge in [-0.3, -0.25) is 0 Å². The first-order chi connectivity index (χ1) is 13.0. The van der Waals surface area contributed by atoms with Gasteiger partial charge in [-0.25, -0.2) is 19.4 Å². The van der Waals surface area contributed by atoms with Crippen molar-refractivity contribution in [3.8, 4) is 5.69 Å². The summed E-state index contributed by atoms with van der Waals surface area (Å²) in [6, 6.07) is 10.9. The molecule has 0 aliphatic carbocycles. The van der Waals surface area contributed by atoms with Gasteiger partial charge < -0.3 is 9.72 Å². The van der Waals surface area contributed by atoms with Crippen LogP contribution in [0.25, 0.3) is 16.9 Å². The van der Waals surface area contributed by atoms with E-state index in [1.165, 1.54) is 0 Å². The van der Waals surface area contributed by atoms with Crippen LogP contribution >= 0.6 is 27.5 Å². The van der Waals surface area contributed by atoms with E-state index in [9.17, 15) is 4.79 Å². The summed E-state index contributed by atoms with van der Waals surface area (Å²) >= 11 is 9.26. The summed E-state index contributed by atoms with van der Waals surface area (Å²) < 4.78 is 7.79. The minimum atomic E-state index is -0.583. The molecular formula is C17H12BrClN6O2. The third kappa shape index (κ3) is 3.56. The maximum atomic E-state index is 12.4. The first kappa shape index (κ1) is 17.6.